The van der Waals surface area contributed by atoms with Crippen LogP contribution in [0, 0.1) is 104 Å². The number of para-hydroxylation sites is 1. The molecule has 11 aromatic carbocycles. The van der Waals surface area contributed by atoms with Crippen LogP contribution in [0.3, 0.4) is 0 Å². The number of hydrogen-bond donors (Lipinski definition) is 1. The second kappa shape index (κ2) is 56.0. The summed E-state index contributed by atoms with van der Waals surface area (Å²) in [5.74, 6) is 0. The minimum Gasteiger partial charge on any atom is -0.388 e. The van der Waals surface area contributed by atoms with Crippen LogP contribution < -0.4 is 5.32 Å². The van der Waals surface area contributed by atoms with E-state index < -0.39 is 0 Å². The quantitative estimate of drug-likeness (QED) is 0.181. The number of hydrogen-bond acceptors (Lipinski definition) is 1. The van der Waals surface area contributed by atoms with Gasteiger partial charge < -0.3 is 5.32 Å². The SMILES string of the molecule is C.C.CCc1cc(C)c(C(C)(C)C)c(C)c1.CCc1ccc(C)c(C(C)(C)C)c1.CCc1ccccc1C(C)(C)C.CCc1ccccc1C(C)(C)C.CNc1ccccc1C(C)(C)C.Cc1cc(C)c(C)c(C(C)(C)C)c1C.Cc1ccc(C(C)(C)C)c(C)c1.Cc1ccc(C)c(C(C)(C)C)c1.Cc1cccc(C)c1C(C)(C)C.Cc1ccccc1C(C)(C)C.Cc1ccccc1C(C)(C)C. The first-order valence-electron chi connectivity index (χ1n) is 51.1. The molecule has 11 rings (SSSR count). The average Bonchev–Trinajstić information content (AvgIpc) is 0.783. The van der Waals surface area contributed by atoms with E-state index in [2.05, 4.69) is 578 Å². The van der Waals surface area contributed by atoms with Crippen molar-refractivity contribution < 1.29 is 0 Å². The molecule has 1 N–H and O–H groups in total. The summed E-state index contributed by atoms with van der Waals surface area (Å²) < 4.78 is 0. The first-order chi connectivity index (χ1) is 61.5. The van der Waals surface area contributed by atoms with Crippen molar-refractivity contribution in [2.75, 3.05) is 12.4 Å². The number of rotatable bonds is 5. The molecule has 0 saturated heterocycles. The van der Waals surface area contributed by atoms with Crippen LogP contribution in [0.5, 0.6) is 0 Å². The minimum absolute atomic E-state index is 0. The van der Waals surface area contributed by atoms with Crippen molar-refractivity contribution in [2.24, 2.45) is 0 Å². The van der Waals surface area contributed by atoms with Gasteiger partial charge in [0.05, 0.1) is 0 Å². The van der Waals surface area contributed by atoms with Crippen molar-refractivity contribution >= 4 is 5.69 Å². The Labute approximate surface area is 851 Å². The molecule has 0 bridgehead atoms. The molecule has 0 radical (unpaired) electrons. The molecule has 11 aromatic rings. The summed E-state index contributed by atoms with van der Waals surface area (Å²) in [6.07, 6.45) is 4.52. The molecule has 0 aromatic heterocycles. The summed E-state index contributed by atoms with van der Waals surface area (Å²) >= 11 is 0. The molecule has 0 atom stereocenters. The highest BCUT2D eigenvalue weighted by molar-refractivity contribution is 5.54. The molecule has 0 unspecified atom stereocenters. The Kier molecular flexibility index (Phi) is 53.3. The number of anilines is 1. The molecular formula is C136H211N. The molecule has 0 fully saturated rings. The predicted molar refractivity (Wildman–Crippen MR) is 628 cm³/mol. The summed E-state index contributed by atoms with van der Waals surface area (Å²) in [7, 11) is 1.96. The Bertz CT molecular complexity index is 5110. The third-order valence-corrected chi connectivity index (χ3v) is 25.3. The fraction of sp³-hybridized carbons (Fsp3) is 0.515. The van der Waals surface area contributed by atoms with Crippen molar-refractivity contribution in [3.05, 3.63) is 379 Å². The van der Waals surface area contributed by atoms with Gasteiger partial charge in [0, 0.05) is 12.7 Å². The minimum atomic E-state index is 0. The molecule has 0 amide bonds. The molecule has 760 valence electrons. The molecule has 0 aliphatic carbocycles. The van der Waals surface area contributed by atoms with Crippen LogP contribution in [0.25, 0.3) is 0 Å². The second-order valence-electron chi connectivity index (χ2n) is 49.7. The molecule has 0 spiro atoms. The Balaban J connectivity index is 0. The zero-order valence-corrected chi connectivity index (χ0v) is 97.5. The van der Waals surface area contributed by atoms with Crippen LogP contribution in [0.4, 0.5) is 5.69 Å². The van der Waals surface area contributed by atoms with Crippen molar-refractivity contribution in [2.45, 2.75) is 460 Å². The normalized spacial score (nSPS) is 11.5. The van der Waals surface area contributed by atoms with Gasteiger partial charge in [-0.05, 0) is 351 Å². The summed E-state index contributed by atoms with van der Waals surface area (Å²) in [6.45, 7) is 116. The van der Waals surface area contributed by atoms with Gasteiger partial charge in [-0.2, -0.15) is 0 Å². The van der Waals surface area contributed by atoms with Crippen LogP contribution in [0.2, 0.25) is 0 Å². The lowest BCUT2D eigenvalue weighted by molar-refractivity contribution is 0.580. The summed E-state index contributed by atoms with van der Waals surface area (Å²) in [4.78, 5) is 0. The lowest BCUT2D eigenvalue weighted by Gasteiger charge is -2.26. The highest BCUT2D eigenvalue weighted by Crippen LogP contribution is 2.37. The molecule has 0 aliphatic rings. The van der Waals surface area contributed by atoms with E-state index in [1.54, 1.807) is 0 Å². The lowest BCUT2D eigenvalue weighted by atomic mass is 9.78. The van der Waals surface area contributed by atoms with Gasteiger partial charge in [-0.15, -0.1) is 0 Å². The van der Waals surface area contributed by atoms with Crippen LogP contribution in [0.15, 0.2) is 212 Å². The Morgan fingerprint density at radius 1 is 0.182 bits per heavy atom. The molecule has 0 heterocycles. The fourth-order valence-electron chi connectivity index (χ4n) is 19.0. The van der Waals surface area contributed by atoms with E-state index in [-0.39, 0.29) is 74.4 Å². The van der Waals surface area contributed by atoms with E-state index in [9.17, 15) is 0 Å². The Morgan fingerprint density at radius 2 is 0.453 bits per heavy atom. The van der Waals surface area contributed by atoms with Gasteiger partial charge >= 0.3 is 0 Å². The van der Waals surface area contributed by atoms with E-state index in [0.29, 0.717) is 0 Å². The maximum atomic E-state index is 3.20. The zero-order chi connectivity index (χ0) is 105. The van der Waals surface area contributed by atoms with Crippen LogP contribution >= 0.6 is 0 Å². The van der Waals surface area contributed by atoms with Gasteiger partial charge in [0.15, 0.2) is 0 Å². The molecule has 137 heavy (non-hydrogen) atoms. The predicted octanol–water partition coefficient (Wildman–Crippen LogP) is 41.0. The summed E-state index contributed by atoms with van der Waals surface area (Å²) in [5.41, 5.74) is 47.3. The summed E-state index contributed by atoms with van der Waals surface area (Å²) in [5, 5.41) is 3.20. The zero-order valence-electron chi connectivity index (χ0n) is 97.5. The standard InChI is InChI=1S/2C14H22.C13H20.5C12H18.C11H17N.2C11H16.2CH4/c1-9-8-10(2)12(4)13(11(9)3)14(5,6)7;1-7-12-8-10(2)13(11(3)9-12)14(4,5)6;1-6-11-8-7-10(2)12(9-11)13(3,4)5;1-9-6-7-11(10(2)8-9)12(3,4)5;1-9-6-7-10(2)11(8-9)12(3,4)5;1-9-7-6-8-10(2)11(9)12(3,4)5;2*1-5-10-8-6-7-9-11(10)12(2,3)4;1-11(2,3)9-7-5-6-8-10(9)12-4;2*1-9-7-5-6-8-10(9)11(2,3)4;;/h8H,1-7H3;8-9H,7H2,1-6H3;7-9H,6H2,1-5H3;3*6-8H,1-5H3;2*6-9H,5H2,1-4H3;5-8,12H,1-4H3;2*5-8H,1-4H3;2*1H4. The molecule has 0 saturated carbocycles. The van der Waals surface area contributed by atoms with E-state index in [1.165, 1.54) is 173 Å². The van der Waals surface area contributed by atoms with Crippen molar-refractivity contribution in [1.29, 1.82) is 0 Å². The fourth-order valence-corrected chi connectivity index (χ4v) is 19.0. The van der Waals surface area contributed by atoms with Crippen LogP contribution in [0.1, 0.15) is 438 Å². The topological polar surface area (TPSA) is 12.0 Å². The second-order valence-corrected chi connectivity index (χ2v) is 49.7. The number of benzene rings is 11. The van der Waals surface area contributed by atoms with E-state index >= 15 is 0 Å². The first kappa shape index (κ1) is 130. The van der Waals surface area contributed by atoms with Crippen LogP contribution in [-0.2, 0) is 85.2 Å². The van der Waals surface area contributed by atoms with Gasteiger partial charge in [-0.3, -0.25) is 0 Å². The lowest BCUT2D eigenvalue weighted by Crippen LogP contribution is -2.16. The van der Waals surface area contributed by atoms with Gasteiger partial charge in [-0.25, -0.2) is 0 Å². The summed E-state index contributed by atoms with van der Waals surface area (Å²) in [6, 6.07) is 76.5. The van der Waals surface area contributed by atoms with E-state index in [1.807, 2.05) is 7.05 Å². The van der Waals surface area contributed by atoms with E-state index in [4.69, 9.17) is 0 Å². The molecule has 1 nitrogen and oxygen atoms in total. The molecule has 1 heteroatoms. The maximum Gasteiger partial charge on any atom is 0.0375 e. The largest absolute Gasteiger partial charge is 0.388 e. The third-order valence-electron chi connectivity index (χ3n) is 25.3. The highest BCUT2D eigenvalue weighted by atomic mass is 14.8. The van der Waals surface area contributed by atoms with Gasteiger partial charge in [-0.1, -0.05) is 488 Å². The van der Waals surface area contributed by atoms with Gasteiger partial charge in [0.1, 0.15) is 0 Å². The smallest absolute Gasteiger partial charge is 0.0375 e. The molecule has 0 aliphatic heterocycles. The Hall–Kier alpha value is -8.78. The number of aryl methyl sites for hydroxylation is 17. The van der Waals surface area contributed by atoms with Crippen molar-refractivity contribution in [3.8, 4) is 0 Å². The van der Waals surface area contributed by atoms with Crippen molar-refractivity contribution in [1.82, 2.24) is 0 Å². The van der Waals surface area contributed by atoms with Crippen LogP contribution in [-0.4, -0.2) is 7.05 Å². The van der Waals surface area contributed by atoms with Crippen molar-refractivity contribution in [3.63, 3.8) is 0 Å². The monoisotopic (exact) mass is 1860 g/mol. The van der Waals surface area contributed by atoms with Gasteiger partial charge in [0.25, 0.3) is 0 Å². The first-order valence-corrected chi connectivity index (χ1v) is 51.1. The maximum absolute atomic E-state index is 3.20. The van der Waals surface area contributed by atoms with E-state index in [0.717, 1.165) is 25.7 Å². The van der Waals surface area contributed by atoms with Gasteiger partial charge in [0.2, 0.25) is 0 Å². The Morgan fingerprint density at radius 3 is 0.730 bits per heavy atom. The molecular weight excluding hydrogens is 1650 g/mol. The highest BCUT2D eigenvalue weighted by Gasteiger charge is 2.26. The number of nitrogens with one attached hydrogen (secondary N) is 1. The average molecular weight is 1860 g/mol. The third kappa shape index (κ3) is 44.7.